The zero-order chi connectivity index (χ0) is 19.8. The van der Waals surface area contributed by atoms with Crippen molar-refractivity contribution in [1.82, 2.24) is 0 Å². The predicted octanol–water partition coefficient (Wildman–Crippen LogP) is 1.29. The molecule has 0 aliphatic carbocycles. The molecule has 0 aromatic heterocycles. The highest BCUT2D eigenvalue weighted by Crippen LogP contribution is 2.25. The highest BCUT2D eigenvalue weighted by molar-refractivity contribution is 5.80. The lowest BCUT2D eigenvalue weighted by molar-refractivity contribution is -0.157. The fourth-order valence-electron chi connectivity index (χ4n) is 2.55. The molecule has 26 heavy (non-hydrogen) atoms. The minimum atomic E-state index is -0.818. The minimum absolute atomic E-state index is 0.137. The number of hydrogen-bond donors (Lipinski definition) is 3. The van der Waals surface area contributed by atoms with E-state index in [1.54, 1.807) is 6.08 Å². The highest BCUT2D eigenvalue weighted by Gasteiger charge is 2.30. The topological polar surface area (TPSA) is 130 Å². The third kappa shape index (κ3) is 11.6. The summed E-state index contributed by atoms with van der Waals surface area (Å²) in [6.07, 6.45) is 5.08. The summed E-state index contributed by atoms with van der Waals surface area (Å²) in [5.41, 5.74) is 0. The van der Waals surface area contributed by atoms with Gasteiger partial charge in [0.05, 0.1) is 25.6 Å². The van der Waals surface area contributed by atoms with E-state index in [-0.39, 0.29) is 45.2 Å². The van der Waals surface area contributed by atoms with E-state index in [9.17, 15) is 14.4 Å². The maximum absolute atomic E-state index is 12.2. The second-order valence-corrected chi connectivity index (χ2v) is 5.89. The highest BCUT2D eigenvalue weighted by atomic mass is 16.5. The van der Waals surface area contributed by atoms with Crippen LogP contribution in [0.1, 0.15) is 44.9 Å². The van der Waals surface area contributed by atoms with Gasteiger partial charge in [-0.1, -0.05) is 25.3 Å². The Labute approximate surface area is 153 Å². The van der Waals surface area contributed by atoms with Gasteiger partial charge in [-0.05, 0) is 18.8 Å². The Balaban J connectivity index is 4.61. The number of rotatable bonds is 16. The molecule has 0 amide bonds. The van der Waals surface area contributed by atoms with Gasteiger partial charge in [-0.15, -0.1) is 6.58 Å². The molecule has 0 heterocycles. The molecular formula is C18H30O8. The number of esters is 2. The summed E-state index contributed by atoms with van der Waals surface area (Å²) in [7, 11) is 0. The number of carbonyl (C=O) groups is 3. The van der Waals surface area contributed by atoms with E-state index in [0.717, 1.165) is 19.3 Å². The first-order chi connectivity index (χ1) is 12.5. The first-order valence-electron chi connectivity index (χ1n) is 8.84. The third-order valence-corrected chi connectivity index (χ3v) is 3.88. The van der Waals surface area contributed by atoms with Crippen molar-refractivity contribution in [3.8, 4) is 0 Å². The molecule has 0 saturated carbocycles. The van der Waals surface area contributed by atoms with E-state index < -0.39 is 23.8 Å². The lowest BCUT2D eigenvalue weighted by Crippen LogP contribution is -2.29. The Morgan fingerprint density at radius 2 is 1.58 bits per heavy atom. The summed E-state index contributed by atoms with van der Waals surface area (Å²) in [4.78, 5) is 34.5. The molecule has 0 fully saturated rings. The number of carboxylic acids is 1. The van der Waals surface area contributed by atoms with Gasteiger partial charge in [0, 0.05) is 6.42 Å². The van der Waals surface area contributed by atoms with E-state index >= 15 is 0 Å². The summed E-state index contributed by atoms with van der Waals surface area (Å²) in [5, 5.41) is 26.1. The summed E-state index contributed by atoms with van der Waals surface area (Å²) in [6, 6.07) is 0. The fraction of sp³-hybridized carbons (Fsp3) is 0.722. The molecule has 0 rings (SSSR count). The molecule has 8 nitrogen and oxygen atoms in total. The first kappa shape index (κ1) is 24.1. The molecule has 0 aromatic rings. The number of carboxylic acid groups (broad SMARTS) is 1. The van der Waals surface area contributed by atoms with Gasteiger partial charge in [0.2, 0.25) is 0 Å². The third-order valence-electron chi connectivity index (χ3n) is 3.88. The zero-order valence-electron chi connectivity index (χ0n) is 15.1. The molecule has 0 saturated heterocycles. The molecular weight excluding hydrogens is 344 g/mol. The number of aliphatic hydroxyl groups is 2. The van der Waals surface area contributed by atoms with Gasteiger partial charge in [0.1, 0.15) is 13.2 Å². The van der Waals surface area contributed by atoms with Crippen molar-refractivity contribution >= 4 is 17.9 Å². The van der Waals surface area contributed by atoms with Crippen molar-refractivity contribution in [1.29, 1.82) is 0 Å². The number of hydrogen-bond acceptors (Lipinski definition) is 7. The van der Waals surface area contributed by atoms with E-state index in [4.69, 9.17) is 24.8 Å². The molecule has 2 atom stereocenters. The second-order valence-electron chi connectivity index (χ2n) is 5.89. The second kappa shape index (κ2) is 15.3. The lowest BCUT2D eigenvalue weighted by atomic mass is 9.85. The van der Waals surface area contributed by atoms with Crippen LogP contribution in [0, 0.1) is 11.8 Å². The maximum Gasteiger partial charge on any atom is 0.310 e. The Hall–Kier alpha value is -1.93. The molecule has 2 unspecified atom stereocenters. The molecule has 0 aliphatic rings. The smallest absolute Gasteiger partial charge is 0.310 e. The summed E-state index contributed by atoms with van der Waals surface area (Å²) in [5.74, 6) is -3.11. The Bertz CT molecular complexity index is 435. The van der Waals surface area contributed by atoms with Gasteiger partial charge in [-0.3, -0.25) is 14.4 Å². The van der Waals surface area contributed by atoms with Crippen LogP contribution in [0.5, 0.6) is 0 Å². The normalized spacial score (nSPS) is 12.8. The minimum Gasteiger partial charge on any atom is -0.481 e. The number of allylic oxidation sites excluding steroid dienone is 1. The molecule has 8 heteroatoms. The number of aliphatic hydroxyl groups excluding tert-OH is 2. The fourth-order valence-corrected chi connectivity index (χ4v) is 2.55. The van der Waals surface area contributed by atoms with Crippen LogP contribution in [0.2, 0.25) is 0 Å². The van der Waals surface area contributed by atoms with E-state index in [0.29, 0.717) is 12.8 Å². The number of carbonyl (C=O) groups excluding carboxylic acids is 2. The summed E-state index contributed by atoms with van der Waals surface area (Å²) in [6.45, 7) is 2.82. The monoisotopic (exact) mass is 374 g/mol. The van der Waals surface area contributed by atoms with Crippen LogP contribution in [0.15, 0.2) is 12.7 Å². The van der Waals surface area contributed by atoms with Gasteiger partial charge in [0.25, 0.3) is 0 Å². The standard InChI is InChI=1S/C18H30O8/c1-2-14(7-5-3-4-6-8-16(21)22)15(18(24)26-12-10-20)13-17(23)25-11-9-19/h2,14-15,19-20H,1,3-13H2,(H,21,22). The molecule has 0 aliphatic heterocycles. The van der Waals surface area contributed by atoms with Crippen LogP contribution in [0.4, 0.5) is 0 Å². The maximum atomic E-state index is 12.2. The lowest BCUT2D eigenvalue weighted by Gasteiger charge is -2.22. The van der Waals surface area contributed by atoms with E-state index in [1.165, 1.54) is 0 Å². The number of ether oxygens (including phenoxy) is 2. The van der Waals surface area contributed by atoms with Gasteiger partial charge >= 0.3 is 17.9 Å². The predicted molar refractivity (Wildman–Crippen MR) is 93.2 cm³/mol. The number of aliphatic carboxylic acids is 1. The first-order valence-corrected chi connectivity index (χ1v) is 8.84. The summed E-state index contributed by atoms with van der Waals surface area (Å²) >= 11 is 0. The van der Waals surface area contributed by atoms with Crippen LogP contribution >= 0.6 is 0 Å². The van der Waals surface area contributed by atoms with Gasteiger partial charge in [-0.2, -0.15) is 0 Å². The van der Waals surface area contributed by atoms with Gasteiger partial charge in [0.15, 0.2) is 0 Å². The molecule has 0 aromatic carbocycles. The van der Waals surface area contributed by atoms with Gasteiger partial charge < -0.3 is 24.8 Å². The van der Waals surface area contributed by atoms with Crippen LogP contribution in [-0.4, -0.2) is 59.7 Å². The van der Waals surface area contributed by atoms with Crippen LogP contribution in [-0.2, 0) is 23.9 Å². The molecule has 0 spiro atoms. The van der Waals surface area contributed by atoms with Crippen molar-refractivity contribution in [3.63, 3.8) is 0 Å². The Kier molecular flexibility index (Phi) is 14.2. The van der Waals surface area contributed by atoms with Gasteiger partial charge in [-0.25, -0.2) is 0 Å². The van der Waals surface area contributed by atoms with E-state index in [1.807, 2.05) is 0 Å². The molecule has 3 N–H and O–H groups in total. The van der Waals surface area contributed by atoms with Crippen LogP contribution in [0.25, 0.3) is 0 Å². The van der Waals surface area contributed by atoms with E-state index in [2.05, 4.69) is 6.58 Å². The average molecular weight is 374 g/mol. The largest absolute Gasteiger partial charge is 0.481 e. The SMILES string of the molecule is C=CC(CCCCCCC(=O)O)C(CC(=O)OCCO)C(=O)OCCO. The van der Waals surface area contributed by atoms with Crippen LogP contribution in [0.3, 0.4) is 0 Å². The van der Waals surface area contributed by atoms with Crippen LogP contribution < -0.4 is 0 Å². The van der Waals surface area contributed by atoms with Crippen molar-refractivity contribution in [2.75, 3.05) is 26.4 Å². The molecule has 0 radical (unpaired) electrons. The van der Waals surface area contributed by atoms with Crippen molar-refractivity contribution in [2.24, 2.45) is 11.8 Å². The summed E-state index contributed by atoms with van der Waals surface area (Å²) < 4.78 is 9.77. The average Bonchev–Trinajstić information content (AvgIpc) is 2.62. The number of unbranched alkanes of at least 4 members (excludes halogenated alkanes) is 3. The zero-order valence-corrected chi connectivity index (χ0v) is 15.1. The Morgan fingerprint density at radius 1 is 0.962 bits per heavy atom. The molecule has 150 valence electrons. The van der Waals surface area contributed by atoms with Crippen molar-refractivity contribution in [3.05, 3.63) is 12.7 Å². The quantitative estimate of drug-likeness (QED) is 0.209. The van der Waals surface area contributed by atoms with Crippen molar-refractivity contribution in [2.45, 2.75) is 44.9 Å². The molecule has 0 bridgehead atoms. The Morgan fingerprint density at radius 3 is 2.15 bits per heavy atom. The van der Waals surface area contributed by atoms with Crippen molar-refractivity contribution < 1.29 is 39.2 Å².